The lowest BCUT2D eigenvalue weighted by Crippen LogP contribution is -2.11. The van der Waals surface area contributed by atoms with Crippen LogP contribution in [-0.4, -0.2) is 0 Å². The summed E-state index contributed by atoms with van der Waals surface area (Å²) in [6, 6.07) is 73.5. The molecule has 9 aromatic carbocycles. The molecule has 0 bridgehead atoms. The van der Waals surface area contributed by atoms with E-state index in [0.717, 1.165) is 17.1 Å². The molecule has 55 heavy (non-hydrogen) atoms. The molecule has 0 fully saturated rings. The number of benzene rings is 9. The fraction of sp³-hybridized carbons (Fsp3) is 0. The number of fused-ring (bicyclic) bond motifs is 7. The van der Waals surface area contributed by atoms with E-state index in [4.69, 9.17) is 0 Å². The first-order valence-electron chi connectivity index (χ1n) is 18.7. The third-order valence-corrected chi connectivity index (χ3v) is 13.1. The Morgan fingerprint density at radius 3 is 1.56 bits per heavy atom. The van der Waals surface area contributed by atoms with E-state index in [1.807, 2.05) is 22.7 Å². The van der Waals surface area contributed by atoms with Crippen LogP contribution in [0.5, 0.6) is 0 Å². The monoisotopic (exact) mass is 735 g/mol. The Morgan fingerprint density at radius 1 is 0.309 bits per heavy atom. The third kappa shape index (κ3) is 5.43. The summed E-state index contributed by atoms with van der Waals surface area (Å²) >= 11 is 3.73. The largest absolute Gasteiger partial charge is 0.310 e. The molecule has 11 rings (SSSR count). The molecular weight excluding hydrogens is 703 g/mol. The van der Waals surface area contributed by atoms with Gasteiger partial charge in [0.15, 0.2) is 0 Å². The zero-order valence-corrected chi connectivity index (χ0v) is 31.4. The molecule has 0 atom stereocenters. The van der Waals surface area contributed by atoms with Gasteiger partial charge in [-0.1, -0.05) is 140 Å². The standard InChI is InChI=1S/C52H33NS2/c1-2-13-36-32-38(27-26-34(36)12-1)41-16-3-6-21-46(41)53(39-30-28-35(29-31-39)42-19-10-24-49-51(42)44-17-4-7-22-47(44)54-49)40-15-9-14-37(33-40)43-20-11-25-50-52(43)45-18-5-8-23-48(45)55-50/h1-33H. The van der Waals surface area contributed by atoms with E-state index in [0.29, 0.717) is 0 Å². The lowest BCUT2D eigenvalue weighted by Gasteiger charge is -2.28. The van der Waals surface area contributed by atoms with Crippen LogP contribution in [0.4, 0.5) is 17.1 Å². The summed E-state index contributed by atoms with van der Waals surface area (Å²) in [5.74, 6) is 0. The van der Waals surface area contributed by atoms with Crippen molar-refractivity contribution in [3.63, 3.8) is 0 Å². The average molecular weight is 736 g/mol. The smallest absolute Gasteiger partial charge is 0.0540 e. The summed E-state index contributed by atoms with van der Waals surface area (Å²) in [6.07, 6.45) is 0. The van der Waals surface area contributed by atoms with Crippen molar-refractivity contribution in [3.8, 4) is 33.4 Å². The number of thiophene rings is 2. The van der Waals surface area contributed by atoms with Crippen LogP contribution in [0.15, 0.2) is 200 Å². The van der Waals surface area contributed by atoms with Gasteiger partial charge in [0.1, 0.15) is 0 Å². The first-order valence-corrected chi connectivity index (χ1v) is 20.3. The summed E-state index contributed by atoms with van der Waals surface area (Å²) in [6.45, 7) is 0. The van der Waals surface area contributed by atoms with Crippen LogP contribution in [0, 0.1) is 0 Å². The van der Waals surface area contributed by atoms with Crippen LogP contribution in [0.2, 0.25) is 0 Å². The Bertz CT molecular complexity index is 3220. The molecule has 2 aromatic heterocycles. The van der Waals surface area contributed by atoms with Crippen molar-refractivity contribution >= 4 is 90.9 Å². The van der Waals surface area contributed by atoms with Gasteiger partial charge in [-0.15, -0.1) is 22.7 Å². The Balaban J connectivity index is 1.10. The third-order valence-electron chi connectivity index (χ3n) is 10.9. The predicted octanol–water partition coefficient (Wildman–Crippen LogP) is 16.0. The fourth-order valence-electron chi connectivity index (χ4n) is 8.33. The lowest BCUT2D eigenvalue weighted by atomic mass is 9.96. The van der Waals surface area contributed by atoms with Crippen molar-refractivity contribution in [1.29, 1.82) is 0 Å². The molecule has 0 amide bonds. The number of hydrogen-bond acceptors (Lipinski definition) is 3. The van der Waals surface area contributed by atoms with Gasteiger partial charge in [0.2, 0.25) is 0 Å². The van der Waals surface area contributed by atoms with Crippen molar-refractivity contribution < 1.29 is 0 Å². The van der Waals surface area contributed by atoms with E-state index in [2.05, 4.69) is 205 Å². The van der Waals surface area contributed by atoms with Crippen LogP contribution in [0.1, 0.15) is 0 Å². The molecule has 258 valence electrons. The number of para-hydroxylation sites is 1. The number of nitrogens with zero attached hydrogens (tertiary/aromatic N) is 1. The molecule has 0 N–H and O–H groups in total. The van der Waals surface area contributed by atoms with Crippen LogP contribution < -0.4 is 4.90 Å². The molecular formula is C52H33NS2. The van der Waals surface area contributed by atoms with Gasteiger partial charge >= 0.3 is 0 Å². The summed E-state index contributed by atoms with van der Waals surface area (Å²) < 4.78 is 5.27. The SMILES string of the molecule is c1cc(-c2cccc3sc4ccccc4c23)cc(N(c2ccc(-c3cccc4sc5ccccc5c34)cc2)c2ccccc2-c2ccc3ccccc3c2)c1. The van der Waals surface area contributed by atoms with Crippen LogP contribution in [-0.2, 0) is 0 Å². The van der Waals surface area contributed by atoms with Crippen molar-refractivity contribution in [1.82, 2.24) is 0 Å². The molecule has 0 aliphatic carbocycles. The van der Waals surface area contributed by atoms with Crippen molar-refractivity contribution in [3.05, 3.63) is 200 Å². The zero-order chi connectivity index (χ0) is 36.3. The van der Waals surface area contributed by atoms with Gasteiger partial charge in [-0.05, 0) is 99.3 Å². The van der Waals surface area contributed by atoms with Gasteiger partial charge in [0.25, 0.3) is 0 Å². The Morgan fingerprint density at radius 2 is 0.836 bits per heavy atom. The molecule has 0 aliphatic heterocycles. The van der Waals surface area contributed by atoms with E-state index in [-0.39, 0.29) is 0 Å². The lowest BCUT2D eigenvalue weighted by molar-refractivity contribution is 1.28. The molecule has 11 aromatic rings. The summed E-state index contributed by atoms with van der Waals surface area (Å²) in [4.78, 5) is 2.43. The highest BCUT2D eigenvalue weighted by Crippen LogP contribution is 2.46. The molecule has 0 unspecified atom stereocenters. The number of rotatable bonds is 6. The highest BCUT2D eigenvalue weighted by Gasteiger charge is 2.20. The molecule has 2 heterocycles. The maximum atomic E-state index is 2.43. The zero-order valence-electron chi connectivity index (χ0n) is 29.8. The highest BCUT2D eigenvalue weighted by molar-refractivity contribution is 7.26. The second kappa shape index (κ2) is 13.1. The molecule has 0 aliphatic rings. The van der Waals surface area contributed by atoms with E-state index in [1.54, 1.807) is 0 Å². The Labute approximate surface area is 327 Å². The maximum Gasteiger partial charge on any atom is 0.0540 e. The van der Waals surface area contributed by atoms with Crippen molar-refractivity contribution in [2.75, 3.05) is 4.90 Å². The predicted molar refractivity (Wildman–Crippen MR) is 241 cm³/mol. The first-order chi connectivity index (χ1) is 27.3. The normalized spacial score (nSPS) is 11.6. The van der Waals surface area contributed by atoms with Crippen LogP contribution in [0.25, 0.3) is 84.5 Å². The van der Waals surface area contributed by atoms with Gasteiger partial charge in [0.05, 0.1) is 5.69 Å². The van der Waals surface area contributed by atoms with Crippen LogP contribution in [0.3, 0.4) is 0 Å². The number of hydrogen-bond donors (Lipinski definition) is 0. The topological polar surface area (TPSA) is 3.24 Å². The molecule has 0 saturated heterocycles. The Hall–Kier alpha value is -6.52. The minimum atomic E-state index is 1.11. The molecule has 3 heteroatoms. The minimum Gasteiger partial charge on any atom is -0.310 e. The van der Waals surface area contributed by atoms with E-state index in [1.165, 1.54) is 84.5 Å². The summed E-state index contributed by atoms with van der Waals surface area (Å²) in [5, 5.41) is 7.76. The molecule has 0 radical (unpaired) electrons. The minimum absolute atomic E-state index is 1.11. The molecule has 1 nitrogen and oxygen atoms in total. The van der Waals surface area contributed by atoms with Crippen molar-refractivity contribution in [2.45, 2.75) is 0 Å². The maximum absolute atomic E-state index is 2.43. The fourth-order valence-corrected chi connectivity index (χ4v) is 10.6. The second-order valence-electron chi connectivity index (χ2n) is 14.1. The van der Waals surface area contributed by atoms with E-state index in [9.17, 15) is 0 Å². The first kappa shape index (κ1) is 32.0. The quantitative estimate of drug-likeness (QED) is 0.164. The Kier molecular flexibility index (Phi) is 7.61. The van der Waals surface area contributed by atoms with Gasteiger partial charge in [0, 0.05) is 57.3 Å². The molecule has 0 saturated carbocycles. The van der Waals surface area contributed by atoms with Gasteiger partial charge in [-0.2, -0.15) is 0 Å². The summed E-state index contributed by atoms with van der Waals surface area (Å²) in [7, 11) is 0. The number of anilines is 3. The van der Waals surface area contributed by atoms with E-state index < -0.39 is 0 Å². The van der Waals surface area contributed by atoms with E-state index >= 15 is 0 Å². The van der Waals surface area contributed by atoms with Crippen LogP contribution >= 0.6 is 22.7 Å². The van der Waals surface area contributed by atoms with Crippen molar-refractivity contribution in [2.24, 2.45) is 0 Å². The average Bonchev–Trinajstić information content (AvgIpc) is 3.83. The second-order valence-corrected chi connectivity index (χ2v) is 16.2. The van der Waals surface area contributed by atoms with Gasteiger partial charge < -0.3 is 4.90 Å². The summed E-state index contributed by atoms with van der Waals surface area (Å²) in [5.41, 5.74) is 10.7. The highest BCUT2D eigenvalue weighted by atomic mass is 32.1. The van der Waals surface area contributed by atoms with Gasteiger partial charge in [-0.3, -0.25) is 0 Å². The van der Waals surface area contributed by atoms with Gasteiger partial charge in [-0.25, -0.2) is 0 Å². The molecule has 0 spiro atoms.